The minimum absolute atomic E-state index is 0.00827. The number of rotatable bonds is 6. The first-order chi connectivity index (χ1) is 14.4. The molecule has 3 aromatic rings. The Hall–Kier alpha value is -1.89. The van der Waals surface area contributed by atoms with Gasteiger partial charge in [0.1, 0.15) is 0 Å². The molecule has 1 aromatic heterocycles. The van der Waals surface area contributed by atoms with Crippen molar-refractivity contribution in [1.82, 2.24) is 4.98 Å². The molecule has 1 aliphatic heterocycles. The van der Waals surface area contributed by atoms with E-state index in [1.54, 1.807) is 23.1 Å². The molecular formula is C24H28N2O2S2. The van der Waals surface area contributed by atoms with Gasteiger partial charge in [-0.15, -0.1) is 11.8 Å². The second kappa shape index (κ2) is 9.08. The van der Waals surface area contributed by atoms with Gasteiger partial charge in [-0.2, -0.15) is 0 Å². The molecule has 2 heterocycles. The fourth-order valence-corrected chi connectivity index (χ4v) is 5.75. The third-order valence-electron chi connectivity index (χ3n) is 5.27. The number of hydrogen-bond donors (Lipinski definition) is 0. The van der Waals surface area contributed by atoms with Crippen molar-refractivity contribution in [2.75, 3.05) is 18.1 Å². The molecule has 158 valence electrons. The van der Waals surface area contributed by atoms with Gasteiger partial charge in [0.15, 0.2) is 5.13 Å². The number of nitrogens with zero attached hydrogens (tertiary/aromatic N) is 2. The molecule has 1 atom stereocenters. The van der Waals surface area contributed by atoms with Crippen molar-refractivity contribution in [3.05, 3.63) is 53.1 Å². The zero-order valence-electron chi connectivity index (χ0n) is 18.0. The number of anilines is 1. The molecule has 0 saturated carbocycles. The maximum absolute atomic E-state index is 13.6. The summed E-state index contributed by atoms with van der Waals surface area (Å²) in [6, 6.07) is 12.2. The number of ether oxygens (including phenoxy) is 1. The first-order valence-electron chi connectivity index (χ1n) is 10.5. The predicted octanol–water partition coefficient (Wildman–Crippen LogP) is 6.24. The second-order valence-electron chi connectivity index (χ2n) is 8.12. The first-order valence-corrected chi connectivity index (χ1v) is 12.2. The van der Waals surface area contributed by atoms with Crippen molar-refractivity contribution in [3.8, 4) is 0 Å². The number of thioether (sulfide) groups is 1. The summed E-state index contributed by atoms with van der Waals surface area (Å²) < 4.78 is 7.02. The molecule has 6 heteroatoms. The van der Waals surface area contributed by atoms with E-state index in [4.69, 9.17) is 9.72 Å². The number of aromatic nitrogens is 1. The third-order valence-corrected chi connectivity index (χ3v) is 7.48. The summed E-state index contributed by atoms with van der Waals surface area (Å²) in [6.07, 6.45) is 2.10. The van der Waals surface area contributed by atoms with E-state index in [2.05, 4.69) is 45.9 Å². The number of carbonyl (C=O) groups is 1. The van der Waals surface area contributed by atoms with E-state index in [-0.39, 0.29) is 12.0 Å². The number of fused-ring (bicyclic) bond motifs is 1. The van der Waals surface area contributed by atoms with Crippen LogP contribution in [0.2, 0.25) is 0 Å². The van der Waals surface area contributed by atoms with Crippen molar-refractivity contribution in [2.24, 2.45) is 0 Å². The molecule has 0 aliphatic carbocycles. The van der Waals surface area contributed by atoms with Gasteiger partial charge in [0, 0.05) is 22.3 Å². The van der Waals surface area contributed by atoms with Crippen LogP contribution in [-0.4, -0.2) is 35.4 Å². The quantitative estimate of drug-likeness (QED) is 0.426. The van der Waals surface area contributed by atoms with Crippen LogP contribution in [0.1, 0.15) is 48.2 Å². The molecule has 1 saturated heterocycles. The molecule has 30 heavy (non-hydrogen) atoms. The summed E-state index contributed by atoms with van der Waals surface area (Å²) in [5, 5.41) is 1.22. The Balaban J connectivity index is 1.72. The van der Waals surface area contributed by atoms with E-state index >= 15 is 0 Å². The van der Waals surface area contributed by atoms with Gasteiger partial charge in [0.05, 0.1) is 22.9 Å². The number of thiazole rings is 1. The number of benzene rings is 2. The van der Waals surface area contributed by atoms with Crippen molar-refractivity contribution < 1.29 is 9.53 Å². The number of carbonyl (C=O) groups excluding carboxylic acids is 1. The minimum atomic E-state index is -0.00827. The maximum Gasteiger partial charge on any atom is 0.260 e. The lowest BCUT2D eigenvalue weighted by Crippen LogP contribution is -2.37. The van der Waals surface area contributed by atoms with E-state index in [0.29, 0.717) is 17.4 Å². The van der Waals surface area contributed by atoms with Gasteiger partial charge in [-0.3, -0.25) is 9.69 Å². The maximum atomic E-state index is 13.6. The van der Waals surface area contributed by atoms with Gasteiger partial charge in [-0.05, 0) is 56.0 Å². The van der Waals surface area contributed by atoms with Crippen LogP contribution in [-0.2, 0) is 4.74 Å². The first kappa shape index (κ1) is 21.3. The predicted molar refractivity (Wildman–Crippen MR) is 127 cm³/mol. The van der Waals surface area contributed by atoms with Crippen LogP contribution in [0.5, 0.6) is 0 Å². The van der Waals surface area contributed by atoms with Crippen molar-refractivity contribution >= 4 is 44.4 Å². The van der Waals surface area contributed by atoms with Crippen molar-refractivity contribution in [3.63, 3.8) is 0 Å². The summed E-state index contributed by atoms with van der Waals surface area (Å²) in [5.74, 6) is -0.00827. The van der Waals surface area contributed by atoms with Crippen LogP contribution in [0.4, 0.5) is 5.13 Å². The highest BCUT2D eigenvalue weighted by Gasteiger charge is 2.27. The van der Waals surface area contributed by atoms with Crippen LogP contribution in [0.25, 0.3) is 10.2 Å². The molecule has 2 aromatic carbocycles. The van der Waals surface area contributed by atoms with Crippen LogP contribution in [0, 0.1) is 13.8 Å². The molecule has 1 aliphatic rings. The average molecular weight is 441 g/mol. The van der Waals surface area contributed by atoms with Gasteiger partial charge in [0.25, 0.3) is 5.91 Å². The van der Waals surface area contributed by atoms with Gasteiger partial charge in [-0.25, -0.2) is 4.98 Å². The second-order valence-corrected chi connectivity index (χ2v) is 10.7. The van der Waals surface area contributed by atoms with E-state index in [1.807, 2.05) is 23.1 Å². The van der Waals surface area contributed by atoms with Crippen molar-refractivity contribution in [2.45, 2.75) is 56.8 Å². The number of amides is 1. The van der Waals surface area contributed by atoms with Gasteiger partial charge < -0.3 is 4.74 Å². The highest BCUT2D eigenvalue weighted by molar-refractivity contribution is 7.99. The van der Waals surface area contributed by atoms with Crippen LogP contribution >= 0.6 is 23.1 Å². The Kier molecular flexibility index (Phi) is 6.46. The van der Waals surface area contributed by atoms with Gasteiger partial charge in [-0.1, -0.05) is 43.4 Å². The number of hydrogen-bond acceptors (Lipinski definition) is 5. The summed E-state index contributed by atoms with van der Waals surface area (Å²) in [5.41, 5.74) is 4.02. The third kappa shape index (κ3) is 4.56. The fraction of sp³-hybridized carbons (Fsp3) is 0.417. The Bertz CT molecular complexity index is 1020. The Morgan fingerprint density at radius 3 is 2.77 bits per heavy atom. The lowest BCUT2D eigenvalue weighted by molar-refractivity contribution is 0.0917. The molecule has 1 amide bonds. The summed E-state index contributed by atoms with van der Waals surface area (Å²) >= 11 is 3.37. The van der Waals surface area contributed by atoms with E-state index < -0.39 is 0 Å². The molecule has 4 rings (SSSR count). The Labute approximate surface area is 186 Å². The molecule has 0 radical (unpaired) electrons. The highest BCUT2D eigenvalue weighted by atomic mass is 32.2. The van der Waals surface area contributed by atoms with Crippen LogP contribution in [0.15, 0.2) is 41.3 Å². The Morgan fingerprint density at radius 1 is 1.27 bits per heavy atom. The summed E-state index contributed by atoms with van der Waals surface area (Å²) in [7, 11) is 0. The monoisotopic (exact) mass is 440 g/mol. The standard InChI is InChI=1S/C24H28N2O2S2/c1-15(2)29-20-9-5-7-18(13-20)23(27)26(14-19-8-6-12-28-19)24-25-21-16(3)10-11-17(4)22(21)30-24/h5,7,9-11,13,15,19H,6,8,12,14H2,1-4H3. The van der Waals surface area contributed by atoms with E-state index in [1.165, 1.54) is 5.56 Å². The van der Waals surface area contributed by atoms with Crippen LogP contribution in [0.3, 0.4) is 0 Å². The molecule has 1 fully saturated rings. The lowest BCUT2D eigenvalue weighted by Gasteiger charge is -2.23. The number of aryl methyl sites for hydroxylation is 2. The molecule has 4 nitrogen and oxygen atoms in total. The minimum Gasteiger partial charge on any atom is -0.376 e. The molecule has 1 unspecified atom stereocenters. The van der Waals surface area contributed by atoms with E-state index in [0.717, 1.165) is 45.3 Å². The van der Waals surface area contributed by atoms with Crippen LogP contribution < -0.4 is 4.90 Å². The Morgan fingerprint density at radius 2 is 2.07 bits per heavy atom. The SMILES string of the molecule is Cc1ccc(C)c2sc(N(CC3CCCO3)C(=O)c3cccc(SC(C)C)c3)nc12. The zero-order chi connectivity index (χ0) is 21.3. The fourth-order valence-electron chi connectivity index (χ4n) is 3.73. The topological polar surface area (TPSA) is 42.4 Å². The molecule has 0 bridgehead atoms. The smallest absolute Gasteiger partial charge is 0.260 e. The van der Waals surface area contributed by atoms with Gasteiger partial charge in [0.2, 0.25) is 0 Å². The zero-order valence-corrected chi connectivity index (χ0v) is 19.6. The van der Waals surface area contributed by atoms with Gasteiger partial charge >= 0.3 is 0 Å². The molecule has 0 N–H and O–H groups in total. The van der Waals surface area contributed by atoms with Crippen molar-refractivity contribution in [1.29, 1.82) is 0 Å². The largest absolute Gasteiger partial charge is 0.376 e. The highest BCUT2D eigenvalue weighted by Crippen LogP contribution is 2.34. The summed E-state index contributed by atoms with van der Waals surface area (Å²) in [4.78, 5) is 21.5. The molecule has 0 spiro atoms. The molecular weight excluding hydrogens is 412 g/mol. The normalized spacial score (nSPS) is 16.5. The van der Waals surface area contributed by atoms with E-state index in [9.17, 15) is 4.79 Å². The summed E-state index contributed by atoms with van der Waals surface area (Å²) in [6.45, 7) is 9.81. The average Bonchev–Trinajstić information content (AvgIpc) is 3.38. The lowest BCUT2D eigenvalue weighted by atomic mass is 10.1.